The van der Waals surface area contributed by atoms with E-state index < -0.39 is 16.1 Å². The van der Waals surface area contributed by atoms with Gasteiger partial charge in [0, 0.05) is 26.2 Å². The Labute approximate surface area is 160 Å². The fourth-order valence-electron chi connectivity index (χ4n) is 3.21. The van der Waals surface area contributed by atoms with E-state index >= 15 is 0 Å². The summed E-state index contributed by atoms with van der Waals surface area (Å²) in [6.45, 7) is 3.47. The van der Waals surface area contributed by atoms with Crippen LogP contribution in [0.2, 0.25) is 0 Å². The first kappa shape index (κ1) is 19.5. The number of nitrogens with zero attached hydrogens (tertiary/aromatic N) is 2. The molecule has 1 unspecified atom stereocenters. The third-order valence-corrected chi connectivity index (χ3v) is 6.76. The summed E-state index contributed by atoms with van der Waals surface area (Å²) in [4.78, 5) is 14.7. The van der Waals surface area contributed by atoms with E-state index in [9.17, 15) is 13.2 Å². The van der Waals surface area contributed by atoms with Gasteiger partial charge in [0.25, 0.3) is 0 Å². The molecule has 2 aromatic carbocycles. The summed E-state index contributed by atoms with van der Waals surface area (Å²) in [6, 6.07) is 15.2. The molecule has 1 aliphatic heterocycles. The first-order chi connectivity index (χ1) is 12.9. The van der Waals surface area contributed by atoms with Crippen molar-refractivity contribution < 1.29 is 13.2 Å². The highest BCUT2D eigenvalue weighted by Crippen LogP contribution is 2.19. The number of nitrogens with two attached hydrogens (primary N) is 1. The van der Waals surface area contributed by atoms with Crippen LogP contribution in [0.1, 0.15) is 23.6 Å². The predicted octanol–water partition coefficient (Wildman–Crippen LogP) is 1.92. The van der Waals surface area contributed by atoms with Crippen molar-refractivity contribution in [3.63, 3.8) is 0 Å². The van der Waals surface area contributed by atoms with Crippen LogP contribution >= 0.6 is 0 Å². The average molecular weight is 388 g/mol. The molecule has 144 valence electrons. The SMILES string of the molecule is Cc1ccc(C(N)C(=O)N2CCCN(S(=O)(=O)c3ccccc3)CC2)cc1. The summed E-state index contributed by atoms with van der Waals surface area (Å²) in [7, 11) is -3.55. The second kappa shape index (κ2) is 8.21. The van der Waals surface area contributed by atoms with Gasteiger partial charge in [-0.3, -0.25) is 4.79 Å². The maximum atomic E-state index is 12.8. The van der Waals surface area contributed by atoms with Crippen LogP contribution in [0, 0.1) is 6.92 Å². The van der Waals surface area contributed by atoms with Gasteiger partial charge in [0.05, 0.1) is 4.90 Å². The molecular formula is C20H25N3O3S. The zero-order valence-electron chi connectivity index (χ0n) is 15.4. The number of hydrogen-bond donors (Lipinski definition) is 1. The quantitative estimate of drug-likeness (QED) is 0.869. The van der Waals surface area contributed by atoms with Crippen molar-refractivity contribution in [2.45, 2.75) is 24.3 Å². The van der Waals surface area contributed by atoms with Gasteiger partial charge in [-0.25, -0.2) is 8.42 Å². The van der Waals surface area contributed by atoms with E-state index in [1.807, 2.05) is 31.2 Å². The van der Waals surface area contributed by atoms with Gasteiger partial charge in [0.2, 0.25) is 15.9 Å². The maximum absolute atomic E-state index is 12.8. The molecular weight excluding hydrogens is 362 g/mol. The summed E-state index contributed by atoms with van der Waals surface area (Å²) in [5.41, 5.74) is 8.03. The summed E-state index contributed by atoms with van der Waals surface area (Å²) < 4.78 is 27.1. The molecule has 0 radical (unpaired) electrons. The Morgan fingerprint density at radius 3 is 2.30 bits per heavy atom. The lowest BCUT2D eigenvalue weighted by Gasteiger charge is -2.25. The zero-order valence-corrected chi connectivity index (χ0v) is 16.2. The van der Waals surface area contributed by atoms with E-state index in [1.165, 1.54) is 4.31 Å². The van der Waals surface area contributed by atoms with Crippen molar-refractivity contribution in [3.05, 3.63) is 65.7 Å². The largest absolute Gasteiger partial charge is 0.340 e. The van der Waals surface area contributed by atoms with Crippen LogP contribution in [0.4, 0.5) is 0 Å². The molecule has 0 spiro atoms. The number of amides is 1. The van der Waals surface area contributed by atoms with Gasteiger partial charge in [-0.15, -0.1) is 0 Å². The minimum absolute atomic E-state index is 0.169. The summed E-state index contributed by atoms with van der Waals surface area (Å²) in [5.74, 6) is -0.169. The highest BCUT2D eigenvalue weighted by atomic mass is 32.2. The number of carbonyl (C=O) groups is 1. The van der Waals surface area contributed by atoms with Crippen molar-refractivity contribution in [1.82, 2.24) is 9.21 Å². The molecule has 1 saturated heterocycles. The van der Waals surface area contributed by atoms with Gasteiger partial charge >= 0.3 is 0 Å². The number of hydrogen-bond acceptors (Lipinski definition) is 4. The Morgan fingerprint density at radius 2 is 1.63 bits per heavy atom. The monoisotopic (exact) mass is 387 g/mol. The van der Waals surface area contributed by atoms with Gasteiger partial charge < -0.3 is 10.6 Å². The average Bonchev–Trinajstić information content (AvgIpc) is 2.95. The van der Waals surface area contributed by atoms with E-state index in [0.29, 0.717) is 26.1 Å². The molecule has 1 amide bonds. The predicted molar refractivity (Wildman–Crippen MR) is 105 cm³/mol. The van der Waals surface area contributed by atoms with Crippen LogP contribution in [0.15, 0.2) is 59.5 Å². The van der Waals surface area contributed by atoms with Crippen molar-refractivity contribution in [1.29, 1.82) is 0 Å². The molecule has 7 heteroatoms. The molecule has 1 fully saturated rings. The highest BCUT2D eigenvalue weighted by Gasteiger charge is 2.30. The molecule has 1 heterocycles. The van der Waals surface area contributed by atoms with E-state index in [4.69, 9.17) is 5.73 Å². The molecule has 0 aromatic heterocycles. The summed E-state index contributed by atoms with van der Waals surface area (Å²) in [5, 5.41) is 0. The van der Waals surface area contributed by atoms with Crippen LogP contribution in [0.25, 0.3) is 0 Å². The minimum Gasteiger partial charge on any atom is -0.340 e. The normalized spacial score (nSPS) is 17.3. The van der Waals surface area contributed by atoms with Crippen molar-refractivity contribution in [3.8, 4) is 0 Å². The van der Waals surface area contributed by atoms with E-state index in [0.717, 1.165) is 11.1 Å². The Hall–Kier alpha value is -2.22. The molecule has 0 bridgehead atoms. The maximum Gasteiger partial charge on any atom is 0.244 e. The Kier molecular flexibility index (Phi) is 5.94. The molecule has 1 aliphatic rings. The van der Waals surface area contributed by atoms with Gasteiger partial charge in [-0.2, -0.15) is 4.31 Å². The van der Waals surface area contributed by atoms with Crippen LogP contribution in [0.3, 0.4) is 0 Å². The Balaban J connectivity index is 1.69. The molecule has 1 atom stereocenters. The number of sulfonamides is 1. The second-order valence-electron chi connectivity index (χ2n) is 6.78. The molecule has 0 aliphatic carbocycles. The number of benzene rings is 2. The molecule has 27 heavy (non-hydrogen) atoms. The fraction of sp³-hybridized carbons (Fsp3) is 0.350. The minimum atomic E-state index is -3.55. The number of aryl methyl sites for hydroxylation is 1. The van der Waals surface area contributed by atoms with Gasteiger partial charge in [-0.05, 0) is 31.0 Å². The first-order valence-corrected chi connectivity index (χ1v) is 10.5. The van der Waals surface area contributed by atoms with Crippen molar-refractivity contribution >= 4 is 15.9 Å². The first-order valence-electron chi connectivity index (χ1n) is 9.06. The van der Waals surface area contributed by atoms with E-state index in [2.05, 4.69) is 0 Å². The standard InChI is InChI=1S/C20H25N3O3S/c1-16-8-10-17(11-9-16)19(21)20(24)22-12-5-13-23(15-14-22)27(25,26)18-6-3-2-4-7-18/h2-4,6-11,19H,5,12-15,21H2,1H3. The van der Waals surface area contributed by atoms with E-state index in [1.54, 1.807) is 35.2 Å². The van der Waals surface area contributed by atoms with Crippen LogP contribution in [0.5, 0.6) is 0 Å². The molecule has 2 N–H and O–H groups in total. The third-order valence-electron chi connectivity index (χ3n) is 4.85. The van der Waals surface area contributed by atoms with E-state index in [-0.39, 0.29) is 17.3 Å². The third kappa shape index (κ3) is 4.37. The lowest BCUT2D eigenvalue weighted by molar-refractivity contribution is -0.132. The van der Waals surface area contributed by atoms with Gasteiger partial charge in [0.15, 0.2) is 0 Å². The van der Waals surface area contributed by atoms with Crippen LogP contribution in [-0.2, 0) is 14.8 Å². The molecule has 0 saturated carbocycles. The lowest BCUT2D eigenvalue weighted by Crippen LogP contribution is -2.41. The fourth-order valence-corrected chi connectivity index (χ4v) is 4.70. The van der Waals surface area contributed by atoms with Crippen molar-refractivity contribution in [2.24, 2.45) is 5.73 Å². The Morgan fingerprint density at radius 1 is 0.963 bits per heavy atom. The van der Waals surface area contributed by atoms with Gasteiger partial charge in [-0.1, -0.05) is 48.0 Å². The topological polar surface area (TPSA) is 83.7 Å². The van der Waals surface area contributed by atoms with Crippen molar-refractivity contribution in [2.75, 3.05) is 26.2 Å². The molecule has 2 aromatic rings. The Bertz CT molecular complexity index is 882. The lowest BCUT2D eigenvalue weighted by atomic mass is 10.0. The smallest absolute Gasteiger partial charge is 0.244 e. The van der Waals surface area contributed by atoms with Crippen LogP contribution < -0.4 is 5.73 Å². The number of carbonyl (C=O) groups excluding carboxylic acids is 1. The summed E-state index contributed by atoms with van der Waals surface area (Å²) >= 11 is 0. The molecule has 3 rings (SSSR count). The zero-order chi connectivity index (χ0) is 19.4. The summed E-state index contributed by atoms with van der Waals surface area (Å²) in [6.07, 6.45) is 0.582. The van der Waals surface area contributed by atoms with Crippen LogP contribution in [-0.4, -0.2) is 49.7 Å². The van der Waals surface area contributed by atoms with Gasteiger partial charge in [0.1, 0.15) is 6.04 Å². The molecule has 6 nitrogen and oxygen atoms in total. The second-order valence-corrected chi connectivity index (χ2v) is 8.72. The highest BCUT2D eigenvalue weighted by molar-refractivity contribution is 7.89. The number of rotatable bonds is 4.